The topological polar surface area (TPSA) is 42.2 Å². The molecule has 0 saturated carbocycles. The maximum absolute atomic E-state index is 5.79. The molecule has 4 heteroatoms. The Hall–Kier alpha value is -1.23. The van der Waals surface area contributed by atoms with Gasteiger partial charge in [0.05, 0.1) is 10.7 Å². The molecule has 1 atom stereocenters. The van der Waals surface area contributed by atoms with Gasteiger partial charge in [-0.05, 0) is 26.3 Å². The maximum atomic E-state index is 5.79. The summed E-state index contributed by atoms with van der Waals surface area (Å²) in [4.78, 5) is 8.32. The Morgan fingerprint density at radius 2 is 1.95 bits per heavy atom. The number of benzene rings is 1. The molecule has 0 aliphatic rings. The molecule has 2 N–H and O–H groups in total. The molecule has 3 nitrogen and oxygen atoms in total. The van der Waals surface area contributed by atoms with Crippen LogP contribution in [-0.2, 0) is 6.54 Å². The van der Waals surface area contributed by atoms with Crippen molar-refractivity contribution in [3.05, 3.63) is 51.5 Å². The third kappa shape index (κ3) is 3.66. The summed E-state index contributed by atoms with van der Waals surface area (Å²) in [5.41, 5.74) is 8.26. The summed E-state index contributed by atoms with van der Waals surface area (Å²) >= 11 is 1.79. The highest BCUT2D eigenvalue weighted by atomic mass is 32.1. The van der Waals surface area contributed by atoms with E-state index in [1.165, 1.54) is 10.4 Å². The molecular weight excluding hydrogens is 266 g/mol. The number of aromatic nitrogens is 1. The molecule has 0 saturated heterocycles. The third-order valence-electron chi connectivity index (χ3n) is 3.51. The van der Waals surface area contributed by atoms with Crippen LogP contribution in [0.15, 0.2) is 30.3 Å². The zero-order valence-corrected chi connectivity index (χ0v) is 13.3. The van der Waals surface area contributed by atoms with Crippen molar-refractivity contribution in [1.82, 2.24) is 9.88 Å². The molecule has 1 aromatic heterocycles. The third-order valence-corrected chi connectivity index (χ3v) is 4.75. The number of thiazole rings is 1. The van der Waals surface area contributed by atoms with E-state index in [2.05, 4.69) is 61.0 Å². The van der Waals surface area contributed by atoms with Crippen molar-refractivity contribution in [2.24, 2.45) is 5.73 Å². The van der Waals surface area contributed by atoms with Crippen LogP contribution in [0.3, 0.4) is 0 Å². The van der Waals surface area contributed by atoms with Crippen LogP contribution in [0.2, 0.25) is 0 Å². The molecule has 1 unspecified atom stereocenters. The van der Waals surface area contributed by atoms with Crippen molar-refractivity contribution in [1.29, 1.82) is 0 Å². The van der Waals surface area contributed by atoms with Gasteiger partial charge in [-0.1, -0.05) is 30.3 Å². The van der Waals surface area contributed by atoms with Gasteiger partial charge in [-0.3, -0.25) is 4.90 Å². The Morgan fingerprint density at radius 1 is 1.25 bits per heavy atom. The van der Waals surface area contributed by atoms with Crippen LogP contribution in [0.4, 0.5) is 0 Å². The van der Waals surface area contributed by atoms with E-state index in [9.17, 15) is 0 Å². The molecule has 1 heterocycles. The molecule has 20 heavy (non-hydrogen) atoms. The van der Waals surface area contributed by atoms with Crippen LogP contribution in [0.25, 0.3) is 0 Å². The fourth-order valence-corrected chi connectivity index (χ4v) is 3.51. The quantitative estimate of drug-likeness (QED) is 0.887. The van der Waals surface area contributed by atoms with Gasteiger partial charge in [-0.2, -0.15) is 0 Å². The first-order chi connectivity index (χ1) is 9.61. The highest BCUT2D eigenvalue weighted by Crippen LogP contribution is 2.29. The lowest BCUT2D eigenvalue weighted by atomic mass is 10.1. The van der Waals surface area contributed by atoms with Crippen LogP contribution in [0.1, 0.15) is 34.1 Å². The number of nitrogens with zero attached hydrogens (tertiary/aromatic N) is 2. The molecule has 0 aliphatic carbocycles. The van der Waals surface area contributed by atoms with Gasteiger partial charge >= 0.3 is 0 Å². The van der Waals surface area contributed by atoms with Gasteiger partial charge in [-0.15, -0.1) is 11.3 Å². The summed E-state index contributed by atoms with van der Waals surface area (Å²) in [6.45, 7) is 8.91. The minimum atomic E-state index is 0.352. The summed E-state index contributed by atoms with van der Waals surface area (Å²) in [7, 11) is 0. The van der Waals surface area contributed by atoms with Crippen LogP contribution >= 0.6 is 11.3 Å². The average Bonchev–Trinajstić information content (AvgIpc) is 2.77. The van der Waals surface area contributed by atoms with Gasteiger partial charge in [0.1, 0.15) is 0 Å². The molecule has 0 bridgehead atoms. The summed E-state index contributed by atoms with van der Waals surface area (Å²) in [5.74, 6) is 0. The van der Waals surface area contributed by atoms with Crippen molar-refractivity contribution >= 4 is 11.3 Å². The Balaban J connectivity index is 2.17. The molecule has 2 aromatic rings. The van der Waals surface area contributed by atoms with Crippen molar-refractivity contribution in [3.63, 3.8) is 0 Å². The number of hydrogen-bond acceptors (Lipinski definition) is 4. The van der Waals surface area contributed by atoms with E-state index in [-0.39, 0.29) is 0 Å². The molecule has 2 rings (SSSR count). The normalized spacial score (nSPS) is 12.8. The highest BCUT2D eigenvalue weighted by Gasteiger charge is 2.19. The lowest BCUT2D eigenvalue weighted by molar-refractivity contribution is 0.209. The SMILES string of the molecule is Cc1nc(C)c(C(C)N(CCN)Cc2ccccc2)s1. The van der Waals surface area contributed by atoms with Crippen molar-refractivity contribution in [3.8, 4) is 0 Å². The maximum Gasteiger partial charge on any atom is 0.0900 e. The van der Waals surface area contributed by atoms with Gasteiger partial charge in [-0.25, -0.2) is 4.98 Å². The van der Waals surface area contributed by atoms with E-state index in [0.29, 0.717) is 12.6 Å². The fraction of sp³-hybridized carbons (Fsp3) is 0.438. The molecule has 0 radical (unpaired) electrons. The Kier molecular flexibility index (Phi) is 5.29. The largest absolute Gasteiger partial charge is 0.329 e. The van der Waals surface area contributed by atoms with Gasteiger partial charge in [0.15, 0.2) is 0 Å². The first-order valence-electron chi connectivity index (χ1n) is 7.03. The van der Waals surface area contributed by atoms with Gasteiger partial charge in [0.25, 0.3) is 0 Å². The monoisotopic (exact) mass is 289 g/mol. The van der Waals surface area contributed by atoms with Gasteiger partial charge in [0.2, 0.25) is 0 Å². The molecule has 0 spiro atoms. The van der Waals surface area contributed by atoms with Crippen molar-refractivity contribution < 1.29 is 0 Å². The molecule has 1 aromatic carbocycles. The second-order valence-electron chi connectivity index (χ2n) is 5.10. The highest BCUT2D eigenvalue weighted by molar-refractivity contribution is 7.11. The minimum absolute atomic E-state index is 0.352. The smallest absolute Gasteiger partial charge is 0.0900 e. The number of rotatable bonds is 6. The Labute approximate surface area is 125 Å². The number of aryl methyl sites for hydroxylation is 2. The van der Waals surface area contributed by atoms with Gasteiger partial charge < -0.3 is 5.73 Å². The average molecular weight is 289 g/mol. The summed E-state index contributed by atoms with van der Waals surface area (Å²) < 4.78 is 0. The van der Waals surface area contributed by atoms with Crippen LogP contribution in [0, 0.1) is 13.8 Å². The summed E-state index contributed by atoms with van der Waals surface area (Å²) in [6.07, 6.45) is 0. The molecule has 0 aliphatic heterocycles. The lowest BCUT2D eigenvalue weighted by Gasteiger charge is -2.28. The van der Waals surface area contributed by atoms with E-state index in [0.717, 1.165) is 23.8 Å². The van der Waals surface area contributed by atoms with Crippen molar-refractivity contribution in [2.75, 3.05) is 13.1 Å². The second-order valence-corrected chi connectivity index (χ2v) is 6.34. The van der Waals surface area contributed by atoms with E-state index in [4.69, 9.17) is 5.73 Å². The molecule has 0 fully saturated rings. The summed E-state index contributed by atoms with van der Waals surface area (Å²) in [5, 5.41) is 1.14. The molecule has 0 amide bonds. The number of hydrogen-bond donors (Lipinski definition) is 1. The van der Waals surface area contributed by atoms with Crippen LogP contribution < -0.4 is 5.73 Å². The van der Waals surface area contributed by atoms with E-state index < -0.39 is 0 Å². The van der Waals surface area contributed by atoms with E-state index >= 15 is 0 Å². The van der Waals surface area contributed by atoms with E-state index in [1.54, 1.807) is 11.3 Å². The summed E-state index contributed by atoms with van der Waals surface area (Å²) in [6, 6.07) is 10.9. The zero-order valence-electron chi connectivity index (χ0n) is 12.5. The van der Waals surface area contributed by atoms with E-state index in [1.807, 2.05) is 0 Å². The predicted molar refractivity (Wildman–Crippen MR) is 85.9 cm³/mol. The standard InChI is InChI=1S/C16H23N3S/c1-12-16(20-14(3)18-12)13(2)19(10-9-17)11-15-7-5-4-6-8-15/h4-8,13H,9-11,17H2,1-3H3. The first-order valence-corrected chi connectivity index (χ1v) is 7.85. The zero-order chi connectivity index (χ0) is 14.5. The Bertz CT molecular complexity index is 536. The Morgan fingerprint density at radius 3 is 2.50 bits per heavy atom. The van der Waals surface area contributed by atoms with Crippen LogP contribution in [-0.4, -0.2) is 23.0 Å². The fourth-order valence-electron chi connectivity index (χ4n) is 2.49. The van der Waals surface area contributed by atoms with Crippen LogP contribution in [0.5, 0.6) is 0 Å². The number of nitrogens with two attached hydrogens (primary N) is 1. The minimum Gasteiger partial charge on any atom is -0.329 e. The van der Waals surface area contributed by atoms with Crippen molar-refractivity contribution in [2.45, 2.75) is 33.4 Å². The predicted octanol–water partition coefficient (Wildman–Crippen LogP) is 3.28. The lowest BCUT2D eigenvalue weighted by Crippen LogP contribution is -2.31. The first kappa shape index (κ1) is 15.2. The molecule has 108 valence electrons. The molecular formula is C16H23N3S. The second kappa shape index (κ2) is 6.97. The van der Waals surface area contributed by atoms with Gasteiger partial charge in [0, 0.05) is 30.6 Å².